The first-order valence-electron chi connectivity index (χ1n) is 7.57. The lowest BCUT2D eigenvalue weighted by Gasteiger charge is -2.38. The molecule has 1 saturated heterocycles. The molecule has 0 aromatic carbocycles. The number of pyridine rings is 1. The minimum Gasteiger partial charge on any atom is -0.423 e. The molecule has 1 aromatic heterocycles. The summed E-state index contributed by atoms with van der Waals surface area (Å²) in [6.07, 6.45) is 1.61. The van der Waals surface area contributed by atoms with Crippen molar-refractivity contribution < 1.29 is 19.5 Å². The number of aliphatic hydroxyl groups is 1. The van der Waals surface area contributed by atoms with Gasteiger partial charge in [-0.3, -0.25) is 0 Å². The lowest BCUT2D eigenvalue weighted by Crippen LogP contribution is -2.53. The van der Waals surface area contributed by atoms with Crippen LogP contribution in [-0.2, 0) is 9.39 Å². The van der Waals surface area contributed by atoms with Gasteiger partial charge in [0.15, 0.2) is 0 Å². The zero-order chi connectivity index (χ0) is 16.4. The van der Waals surface area contributed by atoms with Gasteiger partial charge in [-0.25, -0.2) is 4.98 Å². The van der Waals surface area contributed by atoms with Crippen molar-refractivity contribution in [1.82, 2.24) is 4.98 Å². The van der Waals surface area contributed by atoms with Gasteiger partial charge in [-0.05, 0) is 33.8 Å². The van der Waals surface area contributed by atoms with E-state index in [9.17, 15) is 10.1 Å². The van der Waals surface area contributed by atoms with Gasteiger partial charge >= 0.3 is 7.12 Å². The summed E-state index contributed by atoms with van der Waals surface area (Å²) in [5.74, 6) is 0.862. The van der Waals surface area contributed by atoms with E-state index in [4.69, 9.17) is 9.39 Å². The van der Waals surface area contributed by atoms with Crippen molar-refractivity contribution in [3.63, 3.8) is 0 Å². The molecule has 2 rings (SSSR count). The number of anilines is 1. The van der Waals surface area contributed by atoms with Crippen molar-refractivity contribution in [3.05, 3.63) is 18.3 Å². The second-order valence-corrected chi connectivity index (χ2v) is 6.59. The zero-order valence-corrected chi connectivity index (χ0v) is 13.7. The van der Waals surface area contributed by atoms with Gasteiger partial charge in [0.1, 0.15) is 5.82 Å². The number of aromatic nitrogens is 1. The Balaban J connectivity index is 2.03. The Bertz CT molecular complexity index is 481. The fourth-order valence-corrected chi connectivity index (χ4v) is 2.01. The average molecular weight is 308 g/mol. The molecule has 0 aliphatic carbocycles. The number of ether oxygens (including phenoxy) is 1. The highest BCUT2D eigenvalue weighted by atomic mass is 16.5. The molecule has 1 aromatic rings. The van der Waals surface area contributed by atoms with Crippen LogP contribution in [0.15, 0.2) is 18.3 Å². The van der Waals surface area contributed by atoms with Crippen LogP contribution in [0.25, 0.3) is 0 Å². The molecule has 0 spiro atoms. The topological polar surface area (TPSA) is 75.0 Å². The number of morpholine rings is 1. The lowest BCUT2D eigenvalue weighted by atomic mass is 9.77. The van der Waals surface area contributed by atoms with Crippen LogP contribution in [0, 0.1) is 0 Å². The molecular formula is C15H25BN2O4. The summed E-state index contributed by atoms with van der Waals surface area (Å²) >= 11 is 0. The van der Waals surface area contributed by atoms with E-state index < -0.39 is 18.3 Å². The monoisotopic (exact) mass is 308 g/mol. The molecule has 0 bridgehead atoms. The standard InChI is InChI=1S/C15H25BN2O4/c1-14(2,19)15(3,4)22-16(20)12-5-6-13(17-11-12)18-7-9-21-10-8-18/h5-6,11,19-20H,7-10H2,1-4H3. The Hall–Kier alpha value is -1.15. The minimum absolute atomic E-state index is 0.564. The third-order valence-corrected chi connectivity index (χ3v) is 4.27. The molecule has 0 saturated carbocycles. The normalized spacial score (nSPS) is 16.7. The maximum atomic E-state index is 10.2. The summed E-state index contributed by atoms with van der Waals surface area (Å²) in [6, 6.07) is 3.66. The highest BCUT2D eigenvalue weighted by molar-refractivity contribution is 6.60. The Morgan fingerprint density at radius 1 is 1.23 bits per heavy atom. The summed E-state index contributed by atoms with van der Waals surface area (Å²) in [5.41, 5.74) is -1.40. The van der Waals surface area contributed by atoms with E-state index in [0.29, 0.717) is 18.7 Å². The van der Waals surface area contributed by atoms with Crippen LogP contribution in [0.5, 0.6) is 0 Å². The van der Waals surface area contributed by atoms with E-state index >= 15 is 0 Å². The summed E-state index contributed by atoms with van der Waals surface area (Å²) in [6.45, 7) is 9.83. The maximum Gasteiger partial charge on any atom is 0.493 e. The number of rotatable bonds is 5. The summed E-state index contributed by atoms with van der Waals surface area (Å²) in [5, 5.41) is 20.3. The first-order chi connectivity index (χ1) is 10.2. The van der Waals surface area contributed by atoms with E-state index in [1.807, 2.05) is 6.07 Å². The van der Waals surface area contributed by atoms with Gasteiger partial charge in [-0.1, -0.05) is 6.07 Å². The van der Waals surface area contributed by atoms with Gasteiger partial charge < -0.3 is 24.4 Å². The quantitative estimate of drug-likeness (QED) is 0.756. The van der Waals surface area contributed by atoms with Gasteiger partial charge in [-0.2, -0.15) is 0 Å². The second kappa shape index (κ2) is 6.54. The minimum atomic E-state index is -1.13. The van der Waals surface area contributed by atoms with Gasteiger partial charge in [-0.15, -0.1) is 0 Å². The van der Waals surface area contributed by atoms with Crippen LogP contribution in [0.2, 0.25) is 0 Å². The highest BCUT2D eigenvalue weighted by Crippen LogP contribution is 2.25. The van der Waals surface area contributed by atoms with E-state index in [1.54, 1.807) is 40.0 Å². The number of hydrogen-bond acceptors (Lipinski definition) is 6. The Kier molecular flexibility index (Phi) is 5.12. The molecule has 0 amide bonds. The van der Waals surface area contributed by atoms with Crippen LogP contribution in [0.1, 0.15) is 27.7 Å². The Labute approximate surface area is 132 Å². The van der Waals surface area contributed by atoms with Crippen LogP contribution in [0.4, 0.5) is 5.82 Å². The Morgan fingerprint density at radius 3 is 2.36 bits per heavy atom. The zero-order valence-electron chi connectivity index (χ0n) is 13.7. The van der Waals surface area contributed by atoms with Gasteiger partial charge in [0.25, 0.3) is 0 Å². The number of nitrogens with zero attached hydrogens (tertiary/aromatic N) is 2. The average Bonchev–Trinajstić information content (AvgIpc) is 2.47. The van der Waals surface area contributed by atoms with Crippen LogP contribution >= 0.6 is 0 Å². The van der Waals surface area contributed by atoms with E-state index in [1.165, 1.54) is 0 Å². The molecule has 122 valence electrons. The summed E-state index contributed by atoms with van der Waals surface area (Å²) < 4.78 is 10.9. The summed E-state index contributed by atoms with van der Waals surface area (Å²) in [4.78, 5) is 6.52. The molecule has 2 heterocycles. The molecule has 1 aliphatic heterocycles. The third-order valence-electron chi connectivity index (χ3n) is 4.27. The highest BCUT2D eigenvalue weighted by Gasteiger charge is 2.39. The van der Waals surface area contributed by atoms with Crippen molar-refractivity contribution in [2.75, 3.05) is 31.2 Å². The van der Waals surface area contributed by atoms with Crippen molar-refractivity contribution in [3.8, 4) is 0 Å². The largest absolute Gasteiger partial charge is 0.493 e. The molecule has 6 nitrogen and oxygen atoms in total. The van der Waals surface area contributed by atoms with Crippen LogP contribution < -0.4 is 10.4 Å². The van der Waals surface area contributed by atoms with Crippen LogP contribution in [0.3, 0.4) is 0 Å². The van der Waals surface area contributed by atoms with Crippen LogP contribution in [-0.4, -0.2) is 59.7 Å². The molecule has 22 heavy (non-hydrogen) atoms. The molecule has 1 aliphatic rings. The fraction of sp³-hybridized carbons (Fsp3) is 0.667. The third kappa shape index (κ3) is 3.98. The van der Waals surface area contributed by atoms with E-state index in [0.717, 1.165) is 18.9 Å². The van der Waals surface area contributed by atoms with Gasteiger partial charge in [0.05, 0.1) is 24.4 Å². The van der Waals surface area contributed by atoms with Crippen molar-refractivity contribution in [2.24, 2.45) is 0 Å². The van der Waals surface area contributed by atoms with E-state index in [2.05, 4.69) is 9.88 Å². The first-order valence-corrected chi connectivity index (χ1v) is 7.57. The fourth-order valence-electron chi connectivity index (χ4n) is 2.01. The SMILES string of the molecule is CC(C)(O)C(C)(C)OB(O)c1ccc(N2CCOCC2)nc1. The lowest BCUT2D eigenvalue weighted by molar-refractivity contribution is -0.0982. The molecule has 1 fully saturated rings. The molecule has 2 N–H and O–H groups in total. The van der Waals surface area contributed by atoms with Gasteiger partial charge in [0, 0.05) is 24.7 Å². The first kappa shape index (κ1) is 17.2. The van der Waals surface area contributed by atoms with Crippen molar-refractivity contribution >= 4 is 18.4 Å². The summed E-state index contributed by atoms with van der Waals surface area (Å²) in [7, 11) is -1.13. The van der Waals surface area contributed by atoms with Gasteiger partial charge in [0.2, 0.25) is 0 Å². The Morgan fingerprint density at radius 2 is 1.86 bits per heavy atom. The van der Waals surface area contributed by atoms with Crippen molar-refractivity contribution in [1.29, 1.82) is 0 Å². The van der Waals surface area contributed by atoms with Crippen molar-refractivity contribution in [2.45, 2.75) is 38.9 Å². The molecule has 0 radical (unpaired) electrons. The molecule has 0 atom stereocenters. The van der Waals surface area contributed by atoms with E-state index in [-0.39, 0.29) is 0 Å². The molecule has 7 heteroatoms. The maximum absolute atomic E-state index is 10.2. The smallest absolute Gasteiger partial charge is 0.423 e. The predicted octanol–water partition coefficient (Wildman–Crippen LogP) is 0.172. The molecule has 0 unspecified atom stereocenters. The second-order valence-electron chi connectivity index (χ2n) is 6.59. The molecular weight excluding hydrogens is 283 g/mol. The number of hydrogen-bond donors (Lipinski definition) is 2. The predicted molar refractivity (Wildman–Crippen MR) is 86.3 cm³/mol.